The lowest BCUT2D eigenvalue weighted by molar-refractivity contribution is 0.0527. The smallest absolute Gasteiger partial charge is 0.340 e. The molecule has 0 unspecified atom stereocenters. The first-order valence-corrected chi connectivity index (χ1v) is 6.95. The number of esters is 1. The number of para-hydroxylation sites is 2. The second-order valence-electron chi connectivity index (χ2n) is 4.43. The molecule has 0 bridgehead atoms. The zero-order valence-corrected chi connectivity index (χ0v) is 12.9. The van der Waals surface area contributed by atoms with E-state index in [-0.39, 0.29) is 5.97 Å². The molecule has 5 nitrogen and oxygen atoms in total. The predicted molar refractivity (Wildman–Crippen MR) is 85.2 cm³/mol. The van der Waals surface area contributed by atoms with Gasteiger partial charge in [0.05, 0.1) is 32.1 Å². The first kappa shape index (κ1) is 15.7. The number of carbonyl (C=O) groups is 1. The Labute approximate surface area is 129 Å². The summed E-state index contributed by atoms with van der Waals surface area (Å²) in [4.78, 5) is 12.0. The van der Waals surface area contributed by atoms with Crippen molar-refractivity contribution in [3.8, 4) is 11.5 Å². The van der Waals surface area contributed by atoms with Gasteiger partial charge >= 0.3 is 5.97 Å². The highest BCUT2D eigenvalue weighted by Gasteiger charge is 2.15. The third-order valence-electron chi connectivity index (χ3n) is 3.11. The van der Waals surface area contributed by atoms with Crippen LogP contribution in [-0.2, 0) is 4.74 Å². The summed E-state index contributed by atoms with van der Waals surface area (Å²) in [5.41, 5.74) is 1.74. The molecule has 22 heavy (non-hydrogen) atoms. The minimum atomic E-state index is -0.375. The summed E-state index contributed by atoms with van der Waals surface area (Å²) < 4.78 is 15.8. The summed E-state index contributed by atoms with van der Waals surface area (Å²) in [5.74, 6) is 0.871. The molecule has 2 aromatic rings. The number of rotatable bonds is 6. The molecule has 116 valence electrons. The maximum atomic E-state index is 12.0. The van der Waals surface area contributed by atoms with Gasteiger partial charge in [-0.05, 0) is 31.2 Å². The highest BCUT2D eigenvalue weighted by molar-refractivity contribution is 5.97. The fraction of sp³-hybridized carbons (Fsp3) is 0.235. The molecule has 5 heteroatoms. The summed E-state index contributed by atoms with van der Waals surface area (Å²) in [6.07, 6.45) is 0. The molecule has 0 fully saturated rings. The Hall–Kier alpha value is -2.69. The van der Waals surface area contributed by atoms with E-state index >= 15 is 0 Å². The third-order valence-corrected chi connectivity index (χ3v) is 3.11. The fourth-order valence-electron chi connectivity index (χ4n) is 2.09. The van der Waals surface area contributed by atoms with Gasteiger partial charge in [0.2, 0.25) is 0 Å². The van der Waals surface area contributed by atoms with E-state index in [1.54, 1.807) is 39.3 Å². The Kier molecular flexibility index (Phi) is 5.25. The number of hydrogen-bond donors (Lipinski definition) is 1. The van der Waals surface area contributed by atoms with Gasteiger partial charge in [-0.15, -0.1) is 0 Å². The van der Waals surface area contributed by atoms with E-state index in [2.05, 4.69) is 5.32 Å². The van der Waals surface area contributed by atoms with Crippen molar-refractivity contribution in [1.29, 1.82) is 0 Å². The Bertz CT molecular complexity index is 633. The Balaban J connectivity index is 2.42. The molecular formula is C17H19NO4. The second kappa shape index (κ2) is 7.36. The van der Waals surface area contributed by atoms with Gasteiger partial charge < -0.3 is 19.5 Å². The van der Waals surface area contributed by atoms with E-state index in [1.807, 2.05) is 24.3 Å². The standard InChI is InChI=1S/C17H19NO4/c1-4-22-17(19)12-8-5-6-9-13(12)18-16-14(20-2)10-7-11-15(16)21-3/h5-11,18H,4H2,1-3H3. The highest BCUT2D eigenvalue weighted by Crippen LogP contribution is 2.37. The van der Waals surface area contributed by atoms with Crippen molar-refractivity contribution in [2.75, 3.05) is 26.1 Å². The summed E-state index contributed by atoms with van der Waals surface area (Å²) in [7, 11) is 3.16. The lowest BCUT2D eigenvalue weighted by Gasteiger charge is -2.16. The molecule has 0 saturated carbocycles. The molecule has 2 rings (SSSR count). The number of anilines is 2. The van der Waals surface area contributed by atoms with Crippen LogP contribution >= 0.6 is 0 Å². The van der Waals surface area contributed by atoms with Crippen LogP contribution in [0.5, 0.6) is 11.5 Å². The Morgan fingerprint density at radius 3 is 2.23 bits per heavy atom. The zero-order chi connectivity index (χ0) is 15.9. The second-order valence-corrected chi connectivity index (χ2v) is 4.43. The molecule has 0 spiro atoms. The average Bonchev–Trinajstić information content (AvgIpc) is 2.55. The third kappa shape index (κ3) is 3.31. The lowest BCUT2D eigenvalue weighted by Crippen LogP contribution is -2.08. The number of nitrogens with one attached hydrogen (secondary N) is 1. The molecule has 0 aliphatic heterocycles. The van der Waals surface area contributed by atoms with Crippen LogP contribution in [0.4, 0.5) is 11.4 Å². The molecule has 0 aromatic heterocycles. The van der Waals surface area contributed by atoms with Gasteiger partial charge in [-0.3, -0.25) is 0 Å². The fourth-order valence-corrected chi connectivity index (χ4v) is 2.09. The van der Waals surface area contributed by atoms with E-state index in [0.717, 1.165) is 0 Å². The molecule has 0 aliphatic carbocycles. The number of hydrogen-bond acceptors (Lipinski definition) is 5. The van der Waals surface area contributed by atoms with Gasteiger partial charge in [-0.1, -0.05) is 18.2 Å². The average molecular weight is 301 g/mol. The highest BCUT2D eigenvalue weighted by atomic mass is 16.5. The Morgan fingerprint density at radius 1 is 1.00 bits per heavy atom. The Morgan fingerprint density at radius 2 is 1.64 bits per heavy atom. The quantitative estimate of drug-likeness (QED) is 0.826. The van der Waals surface area contributed by atoms with Crippen molar-refractivity contribution in [3.63, 3.8) is 0 Å². The predicted octanol–water partition coefficient (Wildman–Crippen LogP) is 3.62. The van der Waals surface area contributed by atoms with Crippen molar-refractivity contribution in [2.45, 2.75) is 6.92 Å². The number of benzene rings is 2. The van der Waals surface area contributed by atoms with Crippen LogP contribution in [0.3, 0.4) is 0 Å². The lowest BCUT2D eigenvalue weighted by atomic mass is 10.1. The molecule has 1 N–H and O–H groups in total. The van der Waals surface area contributed by atoms with Crippen molar-refractivity contribution < 1.29 is 19.0 Å². The molecule has 2 aromatic carbocycles. The summed E-state index contributed by atoms with van der Waals surface area (Å²) >= 11 is 0. The first-order valence-electron chi connectivity index (χ1n) is 6.95. The van der Waals surface area contributed by atoms with Gasteiger partial charge in [0.25, 0.3) is 0 Å². The monoisotopic (exact) mass is 301 g/mol. The molecule has 0 atom stereocenters. The molecule has 0 heterocycles. The largest absolute Gasteiger partial charge is 0.494 e. The topological polar surface area (TPSA) is 56.8 Å². The number of ether oxygens (including phenoxy) is 3. The van der Waals surface area contributed by atoms with Gasteiger partial charge in [0.15, 0.2) is 0 Å². The summed E-state index contributed by atoms with van der Waals surface area (Å²) in [6.45, 7) is 2.10. The molecule has 0 saturated heterocycles. The molecule has 0 aliphatic rings. The summed E-state index contributed by atoms with van der Waals surface area (Å²) in [5, 5.41) is 3.20. The maximum absolute atomic E-state index is 12.0. The van der Waals surface area contributed by atoms with Crippen molar-refractivity contribution in [2.24, 2.45) is 0 Å². The summed E-state index contributed by atoms with van der Waals surface area (Å²) in [6, 6.07) is 12.6. The van der Waals surface area contributed by atoms with Crippen molar-refractivity contribution in [3.05, 3.63) is 48.0 Å². The van der Waals surface area contributed by atoms with E-state index in [9.17, 15) is 4.79 Å². The van der Waals surface area contributed by atoms with Gasteiger partial charge in [0, 0.05) is 0 Å². The van der Waals surface area contributed by atoms with Crippen LogP contribution in [0.2, 0.25) is 0 Å². The van der Waals surface area contributed by atoms with Crippen LogP contribution in [0, 0.1) is 0 Å². The van der Waals surface area contributed by atoms with Crippen molar-refractivity contribution >= 4 is 17.3 Å². The number of carbonyl (C=O) groups excluding carboxylic acids is 1. The normalized spacial score (nSPS) is 9.95. The molecule has 0 radical (unpaired) electrons. The first-order chi connectivity index (χ1) is 10.7. The minimum absolute atomic E-state index is 0.325. The maximum Gasteiger partial charge on any atom is 0.340 e. The van der Waals surface area contributed by atoms with E-state index in [4.69, 9.17) is 14.2 Å². The SMILES string of the molecule is CCOC(=O)c1ccccc1Nc1c(OC)cccc1OC. The number of methoxy groups -OCH3 is 2. The van der Waals surface area contributed by atoms with E-state index in [0.29, 0.717) is 35.0 Å². The van der Waals surface area contributed by atoms with Gasteiger partial charge in [-0.2, -0.15) is 0 Å². The van der Waals surface area contributed by atoms with Crippen LogP contribution < -0.4 is 14.8 Å². The molecule has 0 amide bonds. The van der Waals surface area contributed by atoms with Crippen LogP contribution in [0.15, 0.2) is 42.5 Å². The van der Waals surface area contributed by atoms with Crippen molar-refractivity contribution in [1.82, 2.24) is 0 Å². The zero-order valence-electron chi connectivity index (χ0n) is 12.9. The minimum Gasteiger partial charge on any atom is -0.494 e. The van der Waals surface area contributed by atoms with Gasteiger partial charge in [-0.25, -0.2) is 4.79 Å². The van der Waals surface area contributed by atoms with Crippen LogP contribution in [-0.4, -0.2) is 26.8 Å². The molecular weight excluding hydrogens is 282 g/mol. The van der Waals surface area contributed by atoms with Crippen LogP contribution in [0.25, 0.3) is 0 Å². The van der Waals surface area contributed by atoms with Crippen LogP contribution in [0.1, 0.15) is 17.3 Å². The van der Waals surface area contributed by atoms with E-state index in [1.165, 1.54) is 0 Å². The van der Waals surface area contributed by atoms with Gasteiger partial charge in [0.1, 0.15) is 17.2 Å². The van der Waals surface area contributed by atoms with E-state index < -0.39 is 0 Å².